The minimum absolute atomic E-state index is 0.0677. The van der Waals surface area contributed by atoms with Crippen LogP contribution in [0.15, 0.2) is 29.2 Å². The van der Waals surface area contributed by atoms with Crippen LogP contribution in [0.3, 0.4) is 0 Å². The first-order chi connectivity index (χ1) is 14.3. The Balaban J connectivity index is 1.80. The highest BCUT2D eigenvalue weighted by molar-refractivity contribution is 5.98. The Morgan fingerprint density at radius 3 is 2.67 bits per heavy atom. The molecule has 30 heavy (non-hydrogen) atoms. The lowest BCUT2D eigenvalue weighted by atomic mass is 10.2. The third-order valence-electron chi connectivity index (χ3n) is 5.28. The molecule has 1 aliphatic heterocycles. The third-order valence-corrected chi connectivity index (χ3v) is 5.28. The molecule has 1 aliphatic rings. The molecule has 0 atom stereocenters. The molecule has 1 N–H and O–H groups in total. The number of aromatic nitrogens is 4. The molecule has 4 rings (SSSR count). The van der Waals surface area contributed by atoms with Gasteiger partial charge in [-0.3, -0.25) is 14.4 Å². The van der Waals surface area contributed by atoms with Crippen LogP contribution in [0.2, 0.25) is 0 Å². The molecular weight excluding hydrogens is 384 g/mol. The number of aryl methyl sites for hydroxylation is 2. The van der Waals surface area contributed by atoms with Gasteiger partial charge in [0.2, 0.25) is 5.91 Å². The van der Waals surface area contributed by atoms with Crippen molar-refractivity contribution in [3.8, 4) is 0 Å². The van der Waals surface area contributed by atoms with Gasteiger partial charge in [-0.15, -0.1) is 0 Å². The summed E-state index contributed by atoms with van der Waals surface area (Å²) in [4.78, 5) is 44.7. The molecule has 0 radical (unpaired) electrons. The van der Waals surface area contributed by atoms with Gasteiger partial charge in [0.05, 0.1) is 17.8 Å². The Hall–Kier alpha value is -3.49. The number of pyridine rings is 1. The first kappa shape index (κ1) is 19.8. The van der Waals surface area contributed by atoms with Gasteiger partial charge in [0, 0.05) is 18.3 Å². The summed E-state index contributed by atoms with van der Waals surface area (Å²) in [6.45, 7) is 7.72. The molecule has 0 saturated heterocycles. The fourth-order valence-electron chi connectivity index (χ4n) is 3.65. The smallest absolute Gasteiger partial charge is 0.280 e. The second kappa shape index (κ2) is 7.40. The van der Waals surface area contributed by atoms with E-state index in [2.05, 4.69) is 15.4 Å². The van der Waals surface area contributed by atoms with Crippen LogP contribution in [0.4, 0.5) is 5.82 Å². The van der Waals surface area contributed by atoms with E-state index in [4.69, 9.17) is 0 Å². The summed E-state index contributed by atoms with van der Waals surface area (Å²) >= 11 is 0. The third kappa shape index (κ3) is 3.26. The molecule has 0 saturated carbocycles. The molecule has 3 aromatic heterocycles. The van der Waals surface area contributed by atoms with Gasteiger partial charge < -0.3 is 14.8 Å². The van der Waals surface area contributed by atoms with Crippen molar-refractivity contribution in [2.45, 2.75) is 53.2 Å². The number of carbonyl (C=O) groups excluding carboxylic acids is 2. The summed E-state index contributed by atoms with van der Waals surface area (Å²) in [6, 6.07) is 5.26. The number of carbonyl (C=O) groups is 2. The number of amides is 2. The second-order valence-electron chi connectivity index (χ2n) is 7.77. The van der Waals surface area contributed by atoms with E-state index >= 15 is 0 Å². The Morgan fingerprint density at radius 2 is 2.03 bits per heavy atom. The van der Waals surface area contributed by atoms with E-state index in [9.17, 15) is 14.4 Å². The molecule has 0 unspecified atom stereocenters. The standard InChI is InChI=1S/C21H24N6O3/c1-5-14-8-18-26(11-17(28)23-16-7-6-13(4)9-22-16)19-15(20(29)27(18)24-14)10-25(12(2)3)21(19)30/h6-9,12H,5,10-11H2,1-4H3,(H,22,23,28). The van der Waals surface area contributed by atoms with Crippen LogP contribution in [0.1, 0.15) is 48.1 Å². The molecular formula is C21H24N6O3. The van der Waals surface area contributed by atoms with Gasteiger partial charge in [-0.1, -0.05) is 13.0 Å². The van der Waals surface area contributed by atoms with Gasteiger partial charge in [0.25, 0.3) is 11.5 Å². The first-order valence-corrected chi connectivity index (χ1v) is 9.98. The van der Waals surface area contributed by atoms with Gasteiger partial charge in [0.1, 0.15) is 23.7 Å². The zero-order valence-corrected chi connectivity index (χ0v) is 17.5. The molecule has 9 heteroatoms. The largest absolute Gasteiger partial charge is 0.330 e. The monoisotopic (exact) mass is 408 g/mol. The van der Waals surface area contributed by atoms with Crippen LogP contribution in [-0.2, 0) is 24.3 Å². The molecule has 156 valence electrons. The summed E-state index contributed by atoms with van der Waals surface area (Å²) in [5.74, 6) is -0.161. The highest BCUT2D eigenvalue weighted by Crippen LogP contribution is 2.24. The van der Waals surface area contributed by atoms with E-state index in [0.717, 1.165) is 11.3 Å². The van der Waals surface area contributed by atoms with Gasteiger partial charge in [-0.2, -0.15) is 9.61 Å². The van der Waals surface area contributed by atoms with E-state index in [1.807, 2.05) is 33.8 Å². The van der Waals surface area contributed by atoms with Crippen LogP contribution < -0.4 is 10.9 Å². The van der Waals surface area contributed by atoms with Crippen LogP contribution >= 0.6 is 0 Å². The normalized spacial score (nSPS) is 13.4. The van der Waals surface area contributed by atoms with E-state index in [1.165, 1.54) is 4.52 Å². The fourth-order valence-corrected chi connectivity index (χ4v) is 3.65. The molecule has 0 aromatic carbocycles. The predicted molar refractivity (Wildman–Crippen MR) is 111 cm³/mol. The van der Waals surface area contributed by atoms with E-state index < -0.39 is 0 Å². The summed E-state index contributed by atoms with van der Waals surface area (Å²) in [5.41, 5.74) is 2.45. The van der Waals surface area contributed by atoms with Crippen molar-refractivity contribution in [2.75, 3.05) is 5.32 Å². The van der Waals surface area contributed by atoms with Gasteiger partial charge in [-0.25, -0.2) is 4.98 Å². The molecule has 9 nitrogen and oxygen atoms in total. The van der Waals surface area contributed by atoms with Crippen molar-refractivity contribution in [3.05, 3.63) is 57.3 Å². The summed E-state index contributed by atoms with van der Waals surface area (Å²) in [5, 5.41) is 7.13. The maximum Gasteiger partial charge on any atom is 0.280 e. The van der Waals surface area contributed by atoms with Crippen LogP contribution in [0.5, 0.6) is 0 Å². The van der Waals surface area contributed by atoms with Crippen molar-refractivity contribution in [1.29, 1.82) is 0 Å². The lowest BCUT2D eigenvalue weighted by Gasteiger charge is -2.20. The van der Waals surface area contributed by atoms with E-state index in [-0.39, 0.29) is 42.2 Å². The maximum atomic E-state index is 13.1. The summed E-state index contributed by atoms with van der Waals surface area (Å²) < 4.78 is 2.89. The number of rotatable bonds is 5. The molecule has 3 aromatic rings. The predicted octanol–water partition coefficient (Wildman–Crippen LogP) is 1.76. The minimum atomic E-state index is -0.339. The molecule has 2 amide bonds. The lowest BCUT2D eigenvalue weighted by molar-refractivity contribution is -0.116. The van der Waals surface area contributed by atoms with Gasteiger partial charge in [0.15, 0.2) is 0 Å². The average molecular weight is 408 g/mol. The van der Waals surface area contributed by atoms with Crippen molar-refractivity contribution in [2.24, 2.45) is 0 Å². The van der Waals surface area contributed by atoms with Crippen molar-refractivity contribution < 1.29 is 9.59 Å². The molecule has 0 fully saturated rings. The number of nitrogens with zero attached hydrogens (tertiary/aromatic N) is 5. The Kier molecular flexibility index (Phi) is 4.89. The van der Waals surface area contributed by atoms with Crippen molar-refractivity contribution in [3.63, 3.8) is 0 Å². The molecule has 0 aliphatic carbocycles. The SMILES string of the molecule is CCc1cc2n(CC(=O)Nc3ccc(C)cn3)c3c(c(=O)n2n1)CN(C(C)C)C3=O. The quantitative estimate of drug-likeness (QED) is 0.693. The topological polar surface area (TPSA) is 102 Å². The highest BCUT2D eigenvalue weighted by atomic mass is 16.2. The molecule has 4 heterocycles. The Labute approximate surface area is 173 Å². The van der Waals surface area contributed by atoms with Crippen molar-refractivity contribution >= 4 is 23.3 Å². The lowest BCUT2D eigenvalue weighted by Crippen LogP contribution is -2.32. The molecule has 0 spiro atoms. The second-order valence-corrected chi connectivity index (χ2v) is 7.77. The zero-order valence-electron chi connectivity index (χ0n) is 17.5. The number of fused-ring (bicyclic) bond motifs is 2. The van der Waals surface area contributed by atoms with E-state index in [0.29, 0.717) is 23.4 Å². The van der Waals surface area contributed by atoms with Crippen molar-refractivity contribution in [1.82, 2.24) is 24.1 Å². The zero-order chi connectivity index (χ0) is 21.6. The Morgan fingerprint density at radius 1 is 1.27 bits per heavy atom. The number of hydrogen-bond donors (Lipinski definition) is 1. The number of hydrogen-bond acceptors (Lipinski definition) is 5. The van der Waals surface area contributed by atoms with Gasteiger partial charge >= 0.3 is 0 Å². The highest BCUT2D eigenvalue weighted by Gasteiger charge is 2.36. The number of nitrogens with one attached hydrogen (secondary N) is 1. The first-order valence-electron chi connectivity index (χ1n) is 9.98. The summed E-state index contributed by atoms with van der Waals surface area (Å²) in [7, 11) is 0. The maximum absolute atomic E-state index is 13.1. The average Bonchev–Trinajstić information content (AvgIpc) is 3.29. The van der Waals surface area contributed by atoms with Crippen LogP contribution in [0.25, 0.3) is 5.65 Å². The van der Waals surface area contributed by atoms with Crippen LogP contribution in [0, 0.1) is 6.92 Å². The Bertz CT molecular complexity index is 1210. The molecule has 0 bridgehead atoms. The fraction of sp³-hybridized carbons (Fsp3) is 0.381. The van der Waals surface area contributed by atoms with Gasteiger partial charge in [-0.05, 0) is 38.8 Å². The summed E-state index contributed by atoms with van der Waals surface area (Å²) in [6.07, 6.45) is 2.30. The minimum Gasteiger partial charge on any atom is -0.330 e. The number of anilines is 1. The van der Waals surface area contributed by atoms with Crippen LogP contribution in [-0.4, -0.2) is 41.9 Å². The van der Waals surface area contributed by atoms with E-state index in [1.54, 1.807) is 27.8 Å².